The Morgan fingerprint density at radius 2 is 1.82 bits per heavy atom. The van der Waals surface area contributed by atoms with E-state index in [-0.39, 0.29) is 5.75 Å². The molecule has 0 bridgehead atoms. The first-order valence-electron chi connectivity index (χ1n) is 6.32. The second-order valence-electron chi connectivity index (χ2n) is 5.68. The van der Waals surface area contributed by atoms with Crippen molar-refractivity contribution in [3.05, 3.63) is 0 Å². The highest BCUT2D eigenvalue weighted by atomic mass is 35.7. The second kappa shape index (κ2) is 6.39. The molecule has 0 heterocycles. The predicted molar refractivity (Wildman–Crippen MR) is 70.9 cm³/mol. The van der Waals surface area contributed by atoms with Gasteiger partial charge in [-0.2, -0.15) is 0 Å². The molecule has 102 valence electrons. The van der Waals surface area contributed by atoms with Gasteiger partial charge < -0.3 is 4.74 Å². The molecule has 0 aromatic rings. The minimum absolute atomic E-state index is 0.0512. The standard InChI is InChI=1S/C12H23ClO3S/c1-12(2)7-5-11(6-8-12)16-9-3-4-10-17(13,14)15/h11H,3-10H2,1-2H3. The van der Waals surface area contributed by atoms with E-state index in [4.69, 9.17) is 15.4 Å². The molecule has 3 nitrogen and oxygen atoms in total. The molecule has 0 atom stereocenters. The highest BCUT2D eigenvalue weighted by Crippen LogP contribution is 2.36. The van der Waals surface area contributed by atoms with Crippen LogP contribution in [0, 0.1) is 5.41 Å². The van der Waals surface area contributed by atoms with E-state index < -0.39 is 9.05 Å². The summed E-state index contributed by atoms with van der Waals surface area (Å²) in [6.45, 7) is 5.25. The molecule has 1 aliphatic rings. The molecule has 1 rings (SSSR count). The van der Waals surface area contributed by atoms with E-state index in [1.54, 1.807) is 0 Å². The van der Waals surface area contributed by atoms with E-state index >= 15 is 0 Å². The fourth-order valence-corrected chi connectivity index (χ4v) is 3.04. The Morgan fingerprint density at radius 3 is 2.35 bits per heavy atom. The van der Waals surface area contributed by atoms with E-state index in [0.29, 0.717) is 24.5 Å². The van der Waals surface area contributed by atoms with Crippen molar-refractivity contribution in [2.24, 2.45) is 5.41 Å². The predicted octanol–water partition coefficient (Wildman–Crippen LogP) is 3.32. The summed E-state index contributed by atoms with van der Waals surface area (Å²) in [7, 11) is 1.80. The summed E-state index contributed by atoms with van der Waals surface area (Å²) in [5.74, 6) is 0.0512. The molecular formula is C12H23ClO3S. The molecule has 5 heteroatoms. The lowest BCUT2D eigenvalue weighted by Crippen LogP contribution is -2.26. The molecule has 0 N–H and O–H groups in total. The number of unbranched alkanes of at least 4 members (excludes halogenated alkanes) is 1. The van der Waals surface area contributed by atoms with Crippen LogP contribution in [0.25, 0.3) is 0 Å². The number of halogens is 1. The van der Waals surface area contributed by atoms with Crippen LogP contribution in [-0.2, 0) is 13.8 Å². The van der Waals surface area contributed by atoms with Crippen molar-refractivity contribution in [2.45, 2.75) is 58.5 Å². The topological polar surface area (TPSA) is 43.4 Å². The molecule has 0 aliphatic heterocycles. The van der Waals surface area contributed by atoms with Gasteiger partial charge in [-0.05, 0) is 43.9 Å². The molecule has 0 aromatic heterocycles. The van der Waals surface area contributed by atoms with E-state index in [2.05, 4.69) is 13.8 Å². The Balaban J connectivity index is 2.05. The van der Waals surface area contributed by atoms with Crippen molar-refractivity contribution in [2.75, 3.05) is 12.4 Å². The molecule has 1 fully saturated rings. The van der Waals surface area contributed by atoms with Gasteiger partial charge in [-0.25, -0.2) is 8.42 Å². The molecule has 0 spiro atoms. The Morgan fingerprint density at radius 1 is 1.24 bits per heavy atom. The van der Waals surface area contributed by atoms with Gasteiger partial charge in [-0.3, -0.25) is 0 Å². The molecule has 0 radical (unpaired) electrons. The van der Waals surface area contributed by atoms with Gasteiger partial charge in [0.2, 0.25) is 9.05 Å². The quantitative estimate of drug-likeness (QED) is 0.554. The lowest BCUT2D eigenvalue weighted by molar-refractivity contribution is 0.00329. The van der Waals surface area contributed by atoms with Gasteiger partial charge >= 0.3 is 0 Å². The normalized spacial score (nSPS) is 21.6. The van der Waals surface area contributed by atoms with Crippen molar-refractivity contribution in [3.63, 3.8) is 0 Å². The SMILES string of the molecule is CC1(C)CCC(OCCCCS(=O)(=O)Cl)CC1. The molecule has 17 heavy (non-hydrogen) atoms. The van der Waals surface area contributed by atoms with Crippen LogP contribution in [0.4, 0.5) is 0 Å². The minimum atomic E-state index is -3.33. The van der Waals surface area contributed by atoms with E-state index in [1.807, 2.05) is 0 Å². The Labute approximate surface area is 109 Å². The first-order chi connectivity index (χ1) is 7.79. The zero-order valence-electron chi connectivity index (χ0n) is 10.7. The average Bonchev–Trinajstić information content (AvgIpc) is 2.18. The summed E-state index contributed by atoms with van der Waals surface area (Å²) < 4.78 is 27.1. The molecule has 0 aromatic carbocycles. The van der Waals surface area contributed by atoms with Crippen LogP contribution in [0.15, 0.2) is 0 Å². The molecular weight excluding hydrogens is 260 g/mol. The molecule has 1 aliphatic carbocycles. The van der Waals surface area contributed by atoms with Crippen molar-refractivity contribution in [3.8, 4) is 0 Å². The maximum absolute atomic E-state index is 10.7. The van der Waals surface area contributed by atoms with Crippen LogP contribution in [0.1, 0.15) is 52.4 Å². The van der Waals surface area contributed by atoms with Gasteiger partial charge in [0.1, 0.15) is 0 Å². The van der Waals surface area contributed by atoms with Crippen LogP contribution in [0.2, 0.25) is 0 Å². The van der Waals surface area contributed by atoms with E-state index in [9.17, 15) is 8.42 Å². The van der Waals surface area contributed by atoms with Crippen molar-refractivity contribution in [1.82, 2.24) is 0 Å². The summed E-state index contributed by atoms with van der Waals surface area (Å²) in [6.07, 6.45) is 6.41. The third kappa shape index (κ3) is 7.27. The average molecular weight is 283 g/mol. The summed E-state index contributed by atoms with van der Waals surface area (Å²) in [5, 5.41) is 0. The summed E-state index contributed by atoms with van der Waals surface area (Å²) >= 11 is 0. The highest BCUT2D eigenvalue weighted by Gasteiger charge is 2.26. The van der Waals surface area contributed by atoms with Crippen LogP contribution in [0.3, 0.4) is 0 Å². The number of hydrogen-bond donors (Lipinski definition) is 0. The van der Waals surface area contributed by atoms with Gasteiger partial charge in [0, 0.05) is 17.3 Å². The summed E-state index contributed by atoms with van der Waals surface area (Å²) in [5.41, 5.74) is 0.465. The fraction of sp³-hybridized carbons (Fsp3) is 1.00. The maximum atomic E-state index is 10.7. The van der Waals surface area contributed by atoms with Gasteiger partial charge in [0.05, 0.1) is 11.9 Å². The molecule has 0 saturated heterocycles. The zero-order chi connectivity index (χ0) is 12.9. The number of ether oxygens (including phenoxy) is 1. The zero-order valence-corrected chi connectivity index (χ0v) is 12.3. The third-order valence-electron chi connectivity index (χ3n) is 3.42. The Hall–Kier alpha value is 0.200. The maximum Gasteiger partial charge on any atom is 0.232 e. The van der Waals surface area contributed by atoms with Crippen LogP contribution < -0.4 is 0 Å². The van der Waals surface area contributed by atoms with Gasteiger partial charge in [0.25, 0.3) is 0 Å². The number of rotatable bonds is 6. The summed E-state index contributed by atoms with van der Waals surface area (Å²) in [4.78, 5) is 0. The van der Waals surface area contributed by atoms with E-state index in [0.717, 1.165) is 19.3 Å². The van der Waals surface area contributed by atoms with Crippen molar-refractivity contribution >= 4 is 19.7 Å². The van der Waals surface area contributed by atoms with Crippen molar-refractivity contribution in [1.29, 1.82) is 0 Å². The van der Waals surface area contributed by atoms with Gasteiger partial charge in [-0.15, -0.1) is 0 Å². The van der Waals surface area contributed by atoms with Crippen LogP contribution >= 0.6 is 10.7 Å². The van der Waals surface area contributed by atoms with Crippen LogP contribution in [0.5, 0.6) is 0 Å². The van der Waals surface area contributed by atoms with E-state index in [1.165, 1.54) is 12.8 Å². The van der Waals surface area contributed by atoms with Crippen LogP contribution in [-0.4, -0.2) is 26.9 Å². The minimum Gasteiger partial charge on any atom is -0.378 e. The largest absolute Gasteiger partial charge is 0.378 e. The molecule has 0 amide bonds. The highest BCUT2D eigenvalue weighted by molar-refractivity contribution is 8.13. The fourth-order valence-electron chi connectivity index (χ4n) is 2.17. The van der Waals surface area contributed by atoms with Crippen molar-refractivity contribution < 1.29 is 13.2 Å². The molecule has 0 unspecified atom stereocenters. The van der Waals surface area contributed by atoms with Gasteiger partial charge in [-0.1, -0.05) is 13.8 Å². The monoisotopic (exact) mass is 282 g/mol. The summed E-state index contributed by atoms with van der Waals surface area (Å²) in [6, 6.07) is 0. The van der Waals surface area contributed by atoms with Gasteiger partial charge in [0.15, 0.2) is 0 Å². The number of hydrogen-bond acceptors (Lipinski definition) is 3. The Bertz CT molecular complexity index is 315. The smallest absolute Gasteiger partial charge is 0.232 e. The molecule has 1 saturated carbocycles. The Kier molecular flexibility index (Phi) is 5.74. The second-order valence-corrected chi connectivity index (χ2v) is 8.58. The third-order valence-corrected chi connectivity index (χ3v) is 4.66. The first-order valence-corrected chi connectivity index (χ1v) is 8.80. The lowest BCUT2D eigenvalue weighted by Gasteiger charge is -2.34. The first kappa shape index (κ1) is 15.3. The lowest BCUT2D eigenvalue weighted by atomic mass is 9.76.